The van der Waals surface area contributed by atoms with Gasteiger partial charge in [0.2, 0.25) is 0 Å². The number of nitrogens with one attached hydrogen (secondary N) is 1. The fraction of sp³-hybridized carbons (Fsp3) is 0.938. The van der Waals surface area contributed by atoms with Crippen LogP contribution in [-0.2, 0) is 0 Å². The van der Waals surface area contributed by atoms with Crippen LogP contribution in [0.25, 0.3) is 0 Å². The van der Waals surface area contributed by atoms with Gasteiger partial charge in [-0.15, -0.1) is 0 Å². The fourth-order valence-electron chi connectivity index (χ4n) is 3.16. The Hall–Kier alpha value is -0.590. The summed E-state index contributed by atoms with van der Waals surface area (Å²) in [6.07, 6.45) is 4.30. The molecular weight excluding hydrogens is 234 g/mol. The lowest BCUT2D eigenvalue weighted by Crippen LogP contribution is -2.55. The second-order valence-corrected chi connectivity index (χ2v) is 7.18. The van der Waals surface area contributed by atoms with Gasteiger partial charge in [-0.25, -0.2) is 0 Å². The molecule has 1 aliphatic rings. The van der Waals surface area contributed by atoms with E-state index in [1.54, 1.807) is 0 Å². The first-order valence-corrected chi connectivity index (χ1v) is 7.64. The minimum Gasteiger partial charge on any atom is -0.300 e. The summed E-state index contributed by atoms with van der Waals surface area (Å²) in [5, 5.41) is 13.0. The van der Waals surface area contributed by atoms with Crippen molar-refractivity contribution in [3.63, 3.8) is 0 Å². The van der Waals surface area contributed by atoms with Gasteiger partial charge in [0, 0.05) is 12.1 Å². The van der Waals surface area contributed by atoms with Gasteiger partial charge >= 0.3 is 0 Å². The molecule has 0 radical (unpaired) electrons. The number of nitriles is 1. The van der Waals surface area contributed by atoms with Crippen molar-refractivity contribution < 1.29 is 0 Å². The molecule has 0 aromatic rings. The molecule has 0 heterocycles. The lowest BCUT2D eigenvalue weighted by Gasteiger charge is -2.45. The molecule has 0 bridgehead atoms. The molecule has 3 heteroatoms. The molecule has 1 N–H and O–H groups in total. The average molecular weight is 265 g/mol. The van der Waals surface area contributed by atoms with E-state index in [0.717, 1.165) is 25.8 Å². The van der Waals surface area contributed by atoms with Gasteiger partial charge in [-0.3, -0.25) is 5.32 Å². The van der Waals surface area contributed by atoms with Gasteiger partial charge in [-0.05, 0) is 51.6 Å². The van der Waals surface area contributed by atoms with E-state index in [1.807, 2.05) is 0 Å². The highest BCUT2D eigenvalue weighted by Gasteiger charge is 2.39. The van der Waals surface area contributed by atoms with Crippen molar-refractivity contribution in [2.24, 2.45) is 5.41 Å². The van der Waals surface area contributed by atoms with Crippen LogP contribution in [0.15, 0.2) is 0 Å². The van der Waals surface area contributed by atoms with Crippen LogP contribution in [0.5, 0.6) is 0 Å². The molecule has 0 aliphatic heterocycles. The highest BCUT2D eigenvalue weighted by molar-refractivity contribution is 5.11. The minimum absolute atomic E-state index is 0.277. The van der Waals surface area contributed by atoms with Crippen LogP contribution in [0.3, 0.4) is 0 Å². The molecule has 19 heavy (non-hydrogen) atoms. The molecule has 0 aromatic carbocycles. The summed E-state index contributed by atoms with van der Waals surface area (Å²) >= 11 is 0. The van der Waals surface area contributed by atoms with E-state index in [2.05, 4.69) is 58.0 Å². The maximum absolute atomic E-state index is 9.54. The SMILES string of the molecule is CCNC1(C#N)CCCC(N(C)C(C)C(C)(C)C)C1. The number of hydrogen-bond acceptors (Lipinski definition) is 3. The van der Waals surface area contributed by atoms with Crippen LogP contribution >= 0.6 is 0 Å². The molecule has 110 valence electrons. The molecule has 0 saturated heterocycles. The Bertz CT molecular complexity index is 322. The Labute approximate surface area is 119 Å². The standard InChI is InChI=1S/C16H31N3/c1-7-18-16(12-17)10-8-9-14(11-16)19(6)13(2)15(3,4)5/h13-14,18H,7-11H2,1-6H3. The average Bonchev–Trinajstić information content (AvgIpc) is 2.36. The zero-order valence-electron chi connectivity index (χ0n) is 13.6. The van der Waals surface area contributed by atoms with Gasteiger partial charge in [0.15, 0.2) is 0 Å². The minimum atomic E-state index is -0.302. The Kier molecular flexibility index (Phi) is 5.41. The van der Waals surface area contributed by atoms with Gasteiger partial charge in [0.1, 0.15) is 5.54 Å². The summed E-state index contributed by atoms with van der Waals surface area (Å²) in [6.45, 7) is 12.1. The van der Waals surface area contributed by atoms with Crippen LogP contribution in [0.4, 0.5) is 0 Å². The second-order valence-electron chi connectivity index (χ2n) is 7.18. The van der Waals surface area contributed by atoms with Gasteiger partial charge in [0.05, 0.1) is 6.07 Å². The zero-order valence-corrected chi connectivity index (χ0v) is 13.6. The third-order valence-electron chi connectivity index (χ3n) is 4.89. The molecule has 1 rings (SSSR count). The van der Waals surface area contributed by atoms with E-state index >= 15 is 0 Å². The second kappa shape index (κ2) is 6.24. The molecule has 1 aliphatic carbocycles. The lowest BCUT2D eigenvalue weighted by molar-refractivity contribution is 0.0606. The van der Waals surface area contributed by atoms with Crippen molar-refractivity contribution in [1.82, 2.24) is 10.2 Å². The number of hydrogen-bond donors (Lipinski definition) is 1. The van der Waals surface area contributed by atoms with Gasteiger partial charge in [-0.1, -0.05) is 27.7 Å². The molecule has 0 amide bonds. The zero-order chi connectivity index (χ0) is 14.7. The molecule has 0 aromatic heterocycles. The Balaban J connectivity index is 2.77. The predicted molar refractivity (Wildman–Crippen MR) is 81.0 cm³/mol. The van der Waals surface area contributed by atoms with Crippen LogP contribution in [-0.4, -0.2) is 36.1 Å². The van der Waals surface area contributed by atoms with E-state index < -0.39 is 0 Å². The summed E-state index contributed by atoms with van der Waals surface area (Å²) in [5.41, 5.74) is -0.0246. The van der Waals surface area contributed by atoms with Crippen molar-refractivity contribution in [3.05, 3.63) is 0 Å². The summed E-state index contributed by atoms with van der Waals surface area (Å²) in [4.78, 5) is 2.49. The van der Waals surface area contributed by atoms with Gasteiger partial charge in [-0.2, -0.15) is 5.26 Å². The first-order chi connectivity index (χ1) is 8.75. The van der Waals surface area contributed by atoms with Gasteiger partial charge in [0.25, 0.3) is 0 Å². The molecule has 0 spiro atoms. The maximum Gasteiger partial charge on any atom is 0.108 e. The van der Waals surface area contributed by atoms with Crippen molar-refractivity contribution in [3.8, 4) is 6.07 Å². The smallest absolute Gasteiger partial charge is 0.108 e. The normalized spacial score (nSPS) is 30.1. The van der Waals surface area contributed by atoms with Crippen molar-refractivity contribution in [1.29, 1.82) is 5.26 Å². The summed E-state index contributed by atoms with van der Waals surface area (Å²) in [5.74, 6) is 0. The predicted octanol–water partition coefficient (Wildman–Crippen LogP) is 3.17. The van der Waals surface area contributed by atoms with E-state index in [9.17, 15) is 5.26 Å². The third-order valence-corrected chi connectivity index (χ3v) is 4.89. The quantitative estimate of drug-likeness (QED) is 0.848. The maximum atomic E-state index is 9.54. The van der Waals surface area contributed by atoms with E-state index in [-0.39, 0.29) is 11.0 Å². The monoisotopic (exact) mass is 265 g/mol. The molecule has 1 saturated carbocycles. The Morgan fingerprint density at radius 3 is 2.58 bits per heavy atom. The number of nitrogens with zero attached hydrogens (tertiary/aromatic N) is 2. The van der Waals surface area contributed by atoms with Crippen molar-refractivity contribution in [2.75, 3.05) is 13.6 Å². The topological polar surface area (TPSA) is 39.1 Å². The third kappa shape index (κ3) is 3.94. The Morgan fingerprint density at radius 1 is 1.47 bits per heavy atom. The molecule has 3 nitrogen and oxygen atoms in total. The lowest BCUT2D eigenvalue weighted by atomic mass is 9.77. The molecule has 1 fully saturated rings. The molecule has 3 atom stereocenters. The Morgan fingerprint density at radius 2 is 2.11 bits per heavy atom. The van der Waals surface area contributed by atoms with Crippen molar-refractivity contribution in [2.45, 2.75) is 77.9 Å². The van der Waals surface area contributed by atoms with Gasteiger partial charge < -0.3 is 4.90 Å². The highest BCUT2D eigenvalue weighted by atomic mass is 15.2. The van der Waals surface area contributed by atoms with Crippen LogP contribution in [0.2, 0.25) is 0 Å². The fourth-order valence-corrected chi connectivity index (χ4v) is 3.16. The van der Waals surface area contributed by atoms with E-state index in [1.165, 1.54) is 6.42 Å². The van der Waals surface area contributed by atoms with E-state index in [4.69, 9.17) is 0 Å². The largest absolute Gasteiger partial charge is 0.300 e. The molecular formula is C16H31N3. The highest BCUT2D eigenvalue weighted by Crippen LogP contribution is 2.34. The molecule has 3 unspecified atom stereocenters. The first kappa shape index (κ1) is 16.5. The first-order valence-electron chi connectivity index (χ1n) is 7.64. The summed E-state index contributed by atoms with van der Waals surface area (Å²) in [6, 6.07) is 3.58. The van der Waals surface area contributed by atoms with Crippen LogP contribution in [0, 0.1) is 16.7 Å². The van der Waals surface area contributed by atoms with Crippen LogP contribution in [0.1, 0.15) is 60.3 Å². The summed E-state index contributed by atoms with van der Waals surface area (Å²) in [7, 11) is 2.22. The summed E-state index contributed by atoms with van der Waals surface area (Å²) < 4.78 is 0. The van der Waals surface area contributed by atoms with E-state index in [0.29, 0.717) is 12.1 Å². The van der Waals surface area contributed by atoms with Crippen LogP contribution < -0.4 is 5.32 Å². The number of rotatable bonds is 4. The van der Waals surface area contributed by atoms with Crippen molar-refractivity contribution >= 4 is 0 Å².